The average Bonchev–Trinajstić information content (AvgIpc) is 2.74. The van der Waals surface area contributed by atoms with Crippen LogP contribution in [0.3, 0.4) is 0 Å². The fraction of sp³-hybridized carbons (Fsp3) is 0.300. The van der Waals surface area contributed by atoms with E-state index in [2.05, 4.69) is 15.3 Å². The molecule has 9 heteroatoms. The first-order valence-electron chi connectivity index (χ1n) is 9.28. The number of fused-ring (bicyclic) bond motifs is 1. The van der Waals surface area contributed by atoms with Crippen molar-refractivity contribution in [3.8, 4) is 0 Å². The van der Waals surface area contributed by atoms with E-state index < -0.39 is 11.1 Å². The number of aryl methyl sites for hydroxylation is 1. The third-order valence-corrected chi connectivity index (χ3v) is 5.11. The van der Waals surface area contributed by atoms with Crippen molar-refractivity contribution in [2.24, 2.45) is 0 Å². The number of piperazine rings is 1. The minimum atomic E-state index is -0.686. The Morgan fingerprint density at radius 3 is 2.83 bits per heavy atom. The largest absolute Gasteiger partial charge is 0.329 e. The van der Waals surface area contributed by atoms with E-state index in [4.69, 9.17) is 0 Å². The molecule has 3 heterocycles. The number of pyridine rings is 1. The number of nitrogens with one attached hydrogen (secondary N) is 2. The third-order valence-electron chi connectivity index (χ3n) is 5.11. The Hall–Kier alpha value is -2.97. The lowest BCUT2D eigenvalue weighted by molar-refractivity contribution is 0.0634. The summed E-state index contributed by atoms with van der Waals surface area (Å²) in [6, 6.07) is 8.77. The molecule has 2 aromatic heterocycles. The number of hydrogen-bond donors (Lipinski definition) is 2. The molecular formula is C20H22ClN5O3. The molecule has 1 fully saturated rings. The minimum Gasteiger partial charge on any atom is -0.329 e. The van der Waals surface area contributed by atoms with Crippen molar-refractivity contribution in [1.82, 2.24) is 24.8 Å². The van der Waals surface area contributed by atoms with Crippen molar-refractivity contribution in [2.45, 2.75) is 19.5 Å². The molecule has 0 spiro atoms. The quantitative estimate of drug-likeness (QED) is 0.628. The Labute approximate surface area is 173 Å². The van der Waals surface area contributed by atoms with Crippen molar-refractivity contribution < 1.29 is 4.79 Å². The molecular weight excluding hydrogens is 394 g/mol. The summed E-state index contributed by atoms with van der Waals surface area (Å²) >= 11 is 0. The van der Waals surface area contributed by atoms with Crippen LogP contribution in [0, 0.1) is 0 Å². The van der Waals surface area contributed by atoms with Gasteiger partial charge in [-0.3, -0.25) is 19.4 Å². The maximum absolute atomic E-state index is 13.3. The van der Waals surface area contributed by atoms with Crippen molar-refractivity contribution in [3.63, 3.8) is 0 Å². The van der Waals surface area contributed by atoms with Gasteiger partial charge >= 0.3 is 11.1 Å². The molecule has 1 saturated heterocycles. The summed E-state index contributed by atoms with van der Waals surface area (Å²) in [6.45, 7) is 4.12. The second-order valence-electron chi connectivity index (χ2n) is 6.74. The van der Waals surface area contributed by atoms with Gasteiger partial charge in [0.2, 0.25) is 0 Å². The van der Waals surface area contributed by atoms with Gasteiger partial charge in [0.25, 0.3) is 5.91 Å². The monoisotopic (exact) mass is 415 g/mol. The molecule has 0 saturated carbocycles. The maximum Gasteiger partial charge on any atom is 0.316 e. The van der Waals surface area contributed by atoms with Gasteiger partial charge in [-0.1, -0.05) is 6.07 Å². The minimum absolute atomic E-state index is 0. The van der Waals surface area contributed by atoms with Crippen molar-refractivity contribution in [1.29, 1.82) is 0 Å². The van der Waals surface area contributed by atoms with Gasteiger partial charge in [0.05, 0.1) is 17.1 Å². The van der Waals surface area contributed by atoms with Crippen LogP contribution in [0.25, 0.3) is 11.0 Å². The summed E-state index contributed by atoms with van der Waals surface area (Å²) in [5.74, 6) is -0.118. The van der Waals surface area contributed by atoms with E-state index in [1.54, 1.807) is 37.5 Å². The zero-order valence-electron chi connectivity index (χ0n) is 15.9. The fourth-order valence-corrected chi connectivity index (χ4v) is 3.71. The molecule has 0 bridgehead atoms. The van der Waals surface area contributed by atoms with Gasteiger partial charge in [-0.15, -0.1) is 12.4 Å². The van der Waals surface area contributed by atoms with Gasteiger partial charge in [0, 0.05) is 44.1 Å². The number of carbonyl (C=O) groups is 1. The summed E-state index contributed by atoms with van der Waals surface area (Å²) < 4.78 is 1.41. The normalized spacial score (nSPS) is 16.4. The van der Waals surface area contributed by atoms with Crippen LogP contribution in [0.1, 0.15) is 28.9 Å². The van der Waals surface area contributed by atoms with Gasteiger partial charge in [-0.2, -0.15) is 0 Å². The summed E-state index contributed by atoms with van der Waals surface area (Å²) in [5, 5.41) is 3.32. The molecule has 0 aliphatic carbocycles. The number of aromatic amines is 1. The molecule has 1 aliphatic rings. The lowest BCUT2D eigenvalue weighted by Gasteiger charge is -2.36. The first-order chi connectivity index (χ1) is 13.6. The van der Waals surface area contributed by atoms with Crippen LogP contribution in [0.15, 0.2) is 52.3 Å². The second-order valence-corrected chi connectivity index (χ2v) is 6.74. The lowest BCUT2D eigenvalue weighted by atomic mass is 10.0. The molecule has 1 atom stereocenters. The number of rotatable bonds is 3. The van der Waals surface area contributed by atoms with Crippen molar-refractivity contribution >= 4 is 29.3 Å². The molecule has 0 radical (unpaired) electrons. The second kappa shape index (κ2) is 8.59. The Kier molecular flexibility index (Phi) is 6.14. The fourth-order valence-electron chi connectivity index (χ4n) is 3.71. The van der Waals surface area contributed by atoms with Gasteiger partial charge in [-0.05, 0) is 36.8 Å². The van der Waals surface area contributed by atoms with E-state index in [0.717, 1.165) is 5.56 Å². The van der Waals surface area contributed by atoms with Crippen LogP contribution >= 0.6 is 12.4 Å². The van der Waals surface area contributed by atoms with Gasteiger partial charge in [-0.25, -0.2) is 0 Å². The lowest BCUT2D eigenvalue weighted by Crippen LogP contribution is -2.48. The number of halogens is 1. The molecule has 29 heavy (non-hydrogen) atoms. The molecule has 1 aromatic carbocycles. The average molecular weight is 416 g/mol. The highest BCUT2D eigenvalue weighted by molar-refractivity contribution is 5.97. The number of H-pyrrole nitrogens is 1. The van der Waals surface area contributed by atoms with E-state index in [1.807, 2.05) is 17.0 Å². The first kappa shape index (κ1) is 20.8. The summed E-state index contributed by atoms with van der Waals surface area (Å²) in [4.78, 5) is 45.8. The Bertz CT molecular complexity index is 1140. The molecule has 4 rings (SSSR count). The predicted octanol–water partition coefficient (Wildman–Crippen LogP) is 1.31. The highest BCUT2D eigenvalue weighted by Gasteiger charge is 2.29. The van der Waals surface area contributed by atoms with E-state index in [9.17, 15) is 14.4 Å². The van der Waals surface area contributed by atoms with E-state index >= 15 is 0 Å². The molecule has 1 aliphatic heterocycles. The standard InChI is InChI=1S/C20H21N5O3.ClH/c1-2-24-16-6-5-13(10-15(16)23-18(26)20(24)28)19(27)25-9-8-22-12-17(25)14-4-3-7-21-11-14;/h3-7,10-11,17,22H,2,8-9,12H2,1H3,(H,23,26);1H. The molecule has 1 amide bonds. The molecule has 8 nitrogen and oxygen atoms in total. The topological polar surface area (TPSA) is 100 Å². The smallest absolute Gasteiger partial charge is 0.316 e. The number of nitrogens with zero attached hydrogens (tertiary/aromatic N) is 3. The Morgan fingerprint density at radius 1 is 1.28 bits per heavy atom. The van der Waals surface area contributed by atoms with Gasteiger partial charge in [0.1, 0.15) is 0 Å². The molecule has 1 unspecified atom stereocenters. The highest BCUT2D eigenvalue weighted by atomic mass is 35.5. The number of aromatic nitrogens is 3. The number of benzene rings is 1. The zero-order valence-corrected chi connectivity index (χ0v) is 16.7. The van der Waals surface area contributed by atoms with Crippen molar-refractivity contribution in [3.05, 3.63) is 74.6 Å². The summed E-state index contributed by atoms with van der Waals surface area (Å²) in [6.07, 6.45) is 3.48. The summed E-state index contributed by atoms with van der Waals surface area (Å²) in [5.41, 5.74) is 1.25. The maximum atomic E-state index is 13.3. The van der Waals surface area contributed by atoms with Gasteiger partial charge < -0.3 is 19.8 Å². The van der Waals surface area contributed by atoms with Crippen molar-refractivity contribution in [2.75, 3.05) is 19.6 Å². The molecule has 152 valence electrons. The highest BCUT2D eigenvalue weighted by Crippen LogP contribution is 2.24. The SMILES string of the molecule is CCn1c(=O)c(=O)[nH]c2cc(C(=O)N3CCNCC3c3cccnc3)ccc21.Cl. The Balaban J connectivity index is 0.00000240. The zero-order chi connectivity index (χ0) is 19.7. The Morgan fingerprint density at radius 2 is 2.10 bits per heavy atom. The molecule has 3 aromatic rings. The van der Waals surface area contributed by atoms with Crippen LogP contribution in [-0.2, 0) is 6.54 Å². The van der Waals surface area contributed by atoms with E-state index in [-0.39, 0.29) is 24.4 Å². The van der Waals surface area contributed by atoms with Crippen LogP contribution in [0.4, 0.5) is 0 Å². The van der Waals surface area contributed by atoms with E-state index in [1.165, 1.54) is 4.57 Å². The molecule has 2 N–H and O–H groups in total. The van der Waals surface area contributed by atoms with Crippen LogP contribution in [0.5, 0.6) is 0 Å². The number of amides is 1. The predicted molar refractivity (Wildman–Crippen MR) is 113 cm³/mol. The number of carbonyl (C=O) groups excluding carboxylic acids is 1. The third kappa shape index (κ3) is 3.81. The van der Waals surface area contributed by atoms with Crippen LogP contribution < -0.4 is 16.4 Å². The van der Waals surface area contributed by atoms with E-state index in [0.29, 0.717) is 42.8 Å². The van der Waals surface area contributed by atoms with Gasteiger partial charge in [0.15, 0.2) is 0 Å². The van der Waals surface area contributed by atoms with Crippen LogP contribution in [0.2, 0.25) is 0 Å². The number of hydrogen-bond acceptors (Lipinski definition) is 5. The van der Waals surface area contributed by atoms with Crippen LogP contribution in [-0.4, -0.2) is 45.0 Å². The summed E-state index contributed by atoms with van der Waals surface area (Å²) in [7, 11) is 0. The first-order valence-corrected chi connectivity index (χ1v) is 9.28.